The first-order valence-corrected chi connectivity index (χ1v) is 8.26. The monoisotopic (exact) mass is 320 g/mol. The van der Waals surface area contributed by atoms with Crippen molar-refractivity contribution in [2.75, 3.05) is 0 Å². The van der Waals surface area contributed by atoms with Gasteiger partial charge in [0.15, 0.2) is 0 Å². The molecular formula is C19H20N4O. The predicted octanol–water partition coefficient (Wildman–Crippen LogP) is 3.14. The molecule has 2 aromatic heterocycles. The molecule has 1 aromatic carbocycles. The van der Waals surface area contributed by atoms with Crippen LogP contribution < -0.4 is 5.32 Å². The Balaban J connectivity index is 1.92. The molecule has 0 spiro atoms. The van der Waals surface area contributed by atoms with Gasteiger partial charge in [-0.05, 0) is 38.8 Å². The summed E-state index contributed by atoms with van der Waals surface area (Å²) >= 11 is 0. The van der Waals surface area contributed by atoms with E-state index in [1.165, 1.54) is 0 Å². The van der Waals surface area contributed by atoms with Crippen LogP contribution in [0.2, 0.25) is 0 Å². The van der Waals surface area contributed by atoms with Gasteiger partial charge in [0, 0.05) is 29.7 Å². The number of fused-ring (bicyclic) bond motifs is 1. The highest BCUT2D eigenvalue weighted by molar-refractivity contribution is 6.07. The summed E-state index contributed by atoms with van der Waals surface area (Å²) in [5.41, 5.74) is 5.29. The molecule has 1 fully saturated rings. The zero-order valence-corrected chi connectivity index (χ0v) is 14.1. The minimum Gasteiger partial charge on any atom is -0.349 e. The number of para-hydroxylation sites is 1. The summed E-state index contributed by atoms with van der Waals surface area (Å²) < 4.78 is 1.85. The number of aryl methyl sites for hydroxylation is 2. The molecule has 122 valence electrons. The third-order valence-electron chi connectivity index (χ3n) is 4.64. The molecule has 1 saturated carbocycles. The van der Waals surface area contributed by atoms with Crippen LogP contribution in [0.3, 0.4) is 0 Å². The molecular weight excluding hydrogens is 300 g/mol. The van der Waals surface area contributed by atoms with Gasteiger partial charge in [-0.1, -0.05) is 18.2 Å². The van der Waals surface area contributed by atoms with E-state index >= 15 is 0 Å². The minimum absolute atomic E-state index is 0.0171. The summed E-state index contributed by atoms with van der Waals surface area (Å²) in [6.07, 6.45) is 2.14. The number of hydrogen-bond donors (Lipinski definition) is 1. The molecule has 0 bridgehead atoms. The molecule has 1 N–H and O–H groups in total. The lowest BCUT2D eigenvalue weighted by Gasteiger charge is -2.10. The lowest BCUT2D eigenvalue weighted by Crippen LogP contribution is -2.25. The van der Waals surface area contributed by atoms with Gasteiger partial charge in [0.2, 0.25) is 0 Å². The molecule has 0 radical (unpaired) electrons. The first-order valence-electron chi connectivity index (χ1n) is 8.26. The summed E-state index contributed by atoms with van der Waals surface area (Å²) in [7, 11) is 1.92. The summed E-state index contributed by atoms with van der Waals surface area (Å²) in [6.45, 7) is 4.00. The maximum absolute atomic E-state index is 12.7. The van der Waals surface area contributed by atoms with Crippen LogP contribution in [0.4, 0.5) is 0 Å². The van der Waals surface area contributed by atoms with Gasteiger partial charge in [-0.25, -0.2) is 4.98 Å². The predicted molar refractivity (Wildman–Crippen MR) is 93.9 cm³/mol. The molecule has 1 aliphatic rings. The van der Waals surface area contributed by atoms with E-state index in [4.69, 9.17) is 4.98 Å². The molecule has 5 nitrogen and oxygen atoms in total. The van der Waals surface area contributed by atoms with E-state index in [0.29, 0.717) is 11.6 Å². The Kier molecular flexibility index (Phi) is 3.37. The van der Waals surface area contributed by atoms with Gasteiger partial charge in [0.1, 0.15) is 0 Å². The third kappa shape index (κ3) is 2.46. The second kappa shape index (κ2) is 5.44. The molecule has 0 unspecified atom stereocenters. The highest BCUT2D eigenvalue weighted by Crippen LogP contribution is 2.29. The van der Waals surface area contributed by atoms with Crippen molar-refractivity contribution in [3.63, 3.8) is 0 Å². The van der Waals surface area contributed by atoms with E-state index in [1.54, 1.807) is 0 Å². The van der Waals surface area contributed by atoms with Gasteiger partial charge in [-0.15, -0.1) is 0 Å². The van der Waals surface area contributed by atoms with Crippen molar-refractivity contribution >= 4 is 16.8 Å². The molecule has 2 heterocycles. The van der Waals surface area contributed by atoms with E-state index in [-0.39, 0.29) is 5.91 Å². The minimum atomic E-state index is -0.0171. The van der Waals surface area contributed by atoms with Crippen molar-refractivity contribution in [3.8, 4) is 11.3 Å². The van der Waals surface area contributed by atoms with Crippen LogP contribution in [0.1, 0.15) is 34.6 Å². The fraction of sp³-hybridized carbons (Fsp3) is 0.316. The molecule has 0 atom stereocenters. The van der Waals surface area contributed by atoms with Crippen molar-refractivity contribution in [3.05, 3.63) is 47.3 Å². The summed E-state index contributed by atoms with van der Waals surface area (Å²) in [6, 6.07) is 10.0. The summed E-state index contributed by atoms with van der Waals surface area (Å²) in [5, 5.41) is 8.45. The fourth-order valence-electron chi connectivity index (χ4n) is 3.13. The Morgan fingerprint density at radius 2 is 2.00 bits per heavy atom. The number of aromatic nitrogens is 3. The summed E-state index contributed by atoms with van der Waals surface area (Å²) in [5.74, 6) is -0.0171. The smallest absolute Gasteiger partial charge is 0.252 e. The second-order valence-electron chi connectivity index (χ2n) is 6.49. The van der Waals surface area contributed by atoms with Crippen molar-refractivity contribution in [1.29, 1.82) is 0 Å². The normalized spacial score (nSPS) is 14.1. The zero-order valence-electron chi connectivity index (χ0n) is 14.1. The van der Waals surface area contributed by atoms with Gasteiger partial charge in [-0.3, -0.25) is 9.48 Å². The van der Waals surface area contributed by atoms with E-state index in [9.17, 15) is 4.79 Å². The zero-order chi connectivity index (χ0) is 16.8. The highest BCUT2D eigenvalue weighted by atomic mass is 16.1. The molecule has 0 saturated heterocycles. The fourth-order valence-corrected chi connectivity index (χ4v) is 3.13. The quantitative estimate of drug-likeness (QED) is 0.806. The molecule has 1 amide bonds. The Hall–Kier alpha value is -2.69. The Labute approximate surface area is 140 Å². The van der Waals surface area contributed by atoms with Gasteiger partial charge in [0.05, 0.1) is 22.5 Å². The average Bonchev–Trinajstić information content (AvgIpc) is 3.33. The van der Waals surface area contributed by atoms with Crippen LogP contribution in [0.25, 0.3) is 22.2 Å². The number of nitrogens with one attached hydrogen (secondary N) is 1. The number of carbonyl (C=O) groups excluding carboxylic acids is 1. The SMILES string of the molecule is Cc1nn(C)c(C)c1-c1cc(C(=O)NC2CC2)c2ccccc2n1. The Morgan fingerprint density at radius 3 is 2.67 bits per heavy atom. The largest absolute Gasteiger partial charge is 0.349 e. The molecule has 4 rings (SSSR count). The third-order valence-corrected chi connectivity index (χ3v) is 4.64. The van der Waals surface area contributed by atoms with Crippen LogP contribution in [0.15, 0.2) is 30.3 Å². The maximum atomic E-state index is 12.7. The van der Waals surface area contributed by atoms with Gasteiger partial charge in [-0.2, -0.15) is 5.10 Å². The molecule has 0 aliphatic heterocycles. The second-order valence-corrected chi connectivity index (χ2v) is 6.49. The Bertz CT molecular complexity index is 953. The van der Waals surface area contributed by atoms with Crippen molar-refractivity contribution in [2.45, 2.75) is 32.7 Å². The standard InChI is InChI=1S/C19H20N4O/c1-11-18(12(2)23(3)22-11)17-10-15(19(24)20-13-8-9-13)14-6-4-5-7-16(14)21-17/h4-7,10,13H,8-9H2,1-3H3,(H,20,24). The molecule has 3 aromatic rings. The average molecular weight is 320 g/mol. The van der Waals surface area contributed by atoms with Gasteiger partial charge in [0.25, 0.3) is 5.91 Å². The molecule has 1 aliphatic carbocycles. The molecule has 5 heteroatoms. The molecule has 24 heavy (non-hydrogen) atoms. The number of nitrogens with zero attached hydrogens (tertiary/aromatic N) is 3. The maximum Gasteiger partial charge on any atom is 0.252 e. The lowest BCUT2D eigenvalue weighted by atomic mass is 10.0. The number of rotatable bonds is 3. The number of amides is 1. The van der Waals surface area contributed by atoms with Crippen molar-refractivity contribution in [2.24, 2.45) is 7.05 Å². The van der Waals surface area contributed by atoms with Gasteiger partial charge < -0.3 is 5.32 Å². The van der Waals surface area contributed by atoms with E-state index in [0.717, 1.165) is 46.4 Å². The van der Waals surface area contributed by atoms with Crippen molar-refractivity contribution in [1.82, 2.24) is 20.1 Å². The van der Waals surface area contributed by atoms with E-state index < -0.39 is 0 Å². The van der Waals surface area contributed by atoms with Crippen LogP contribution in [-0.2, 0) is 7.05 Å². The number of pyridine rings is 1. The Morgan fingerprint density at radius 1 is 1.25 bits per heavy atom. The first-order chi connectivity index (χ1) is 11.5. The highest BCUT2D eigenvalue weighted by Gasteiger charge is 2.25. The number of benzene rings is 1. The number of carbonyl (C=O) groups is 1. The van der Waals surface area contributed by atoms with E-state index in [2.05, 4.69) is 10.4 Å². The van der Waals surface area contributed by atoms with E-state index in [1.807, 2.05) is 55.9 Å². The van der Waals surface area contributed by atoms with Gasteiger partial charge >= 0.3 is 0 Å². The van der Waals surface area contributed by atoms with Crippen LogP contribution in [-0.4, -0.2) is 26.7 Å². The van der Waals surface area contributed by atoms with Crippen LogP contribution in [0, 0.1) is 13.8 Å². The van der Waals surface area contributed by atoms with Crippen LogP contribution >= 0.6 is 0 Å². The van der Waals surface area contributed by atoms with Crippen molar-refractivity contribution < 1.29 is 4.79 Å². The topological polar surface area (TPSA) is 59.8 Å². The summed E-state index contributed by atoms with van der Waals surface area (Å²) in [4.78, 5) is 17.5. The first kappa shape index (κ1) is 14.9. The lowest BCUT2D eigenvalue weighted by molar-refractivity contribution is 0.0952. The van der Waals surface area contributed by atoms with Crippen LogP contribution in [0.5, 0.6) is 0 Å². The number of hydrogen-bond acceptors (Lipinski definition) is 3.